The molecule has 0 aliphatic carbocycles. The van der Waals surface area contributed by atoms with Crippen molar-refractivity contribution in [2.75, 3.05) is 6.54 Å². The number of aliphatic hydroxyl groups is 3. The first kappa shape index (κ1) is 9.85. The number of rotatable bonds is 1. The van der Waals surface area contributed by atoms with Crippen LogP contribution in [-0.4, -0.2) is 68.2 Å². The van der Waals surface area contributed by atoms with Crippen LogP contribution >= 0.6 is 0 Å². The van der Waals surface area contributed by atoms with Crippen molar-refractivity contribution < 1.29 is 25.2 Å². The van der Waals surface area contributed by atoms with Crippen LogP contribution in [0.2, 0.25) is 0 Å². The van der Waals surface area contributed by atoms with Crippen molar-refractivity contribution in [3.63, 3.8) is 0 Å². The van der Waals surface area contributed by atoms with E-state index in [9.17, 15) is 20.1 Å². The lowest BCUT2D eigenvalue weighted by Gasteiger charge is -2.20. The molecule has 6 heteroatoms. The molecule has 14 heavy (non-hydrogen) atoms. The highest BCUT2D eigenvalue weighted by Crippen LogP contribution is 2.33. The number of carboxylic acids is 1. The van der Waals surface area contributed by atoms with Crippen molar-refractivity contribution in [1.82, 2.24) is 4.90 Å². The van der Waals surface area contributed by atoms with Gasteiger partial charge in [-0.3, -0.25) is 9.69 Å². The van der Waals surface area contributed by atoms with Crippen LogP contribution in [0, 0.1) is 0 Å². The number of fused-ring (bicyclic) bond motifs is 1. The fourth-order valence-electron chi connectivity index (χ4n) is 2.44. The first-order valence-corrected chi connectivity index (χ1v) is 4.57. The van der Waals surface area contributed by atoms with Gasteiger partial charge in [-0.25, -0.2) is 0 Å². The van der Waals surface area contributed by atoms with Crippen molar-refractivity contribution in [3.05, 3.63) is 0 Å². The third kappa shape index (κ3) is 1.15. The lowest BCUT2D eigenvalue weighted by Crippen LogP contribution is -2.42. The van der Waals surface area contributed by atoms with Crippen LogP contribution in [0.4, 0.5) is 0 Å². The van der Waals surface area contributed by atoms with Crippen LogP contribution in [0.5, 0.6) is 0 Å². The SMILES string of the molecule is O=C(O)[C@@H]1[C@@H](O)[C@H](O)C2[C@@H](O)CCN21. The summed E-state index contributed by atoms with van der Waals surface area (Å²) in [5, 5.41) is 37.3. The molecule has 0 radical (unpaired) electrons. The smallest absolute Gasteiger partial charge is 0.323 e. The largest absolute Gasteiger partial charge is 0.480 e. The van der Waals surface area contributed by atoms with E-state index in [0.717, 1.165) is 0 Å². The molecule has 0 aromatic heterocycles. The molecule has 0 spiro atoms. The molecule has 0 aromatic rings. The predicted molar refractivity (Wildman–Crippen MR) is 44.6 cm³/mol. The predicted octanol–water partition coefficient (Wildman–Crippen LogP) is -2.39. The molecule has 0 bridgehead atoms. The van der Waals surface area contributed by atoms with E-state index < -0.39 is 36.4 Å². The molecule has 1 unspecified atom stereocenters. The van der Waals surface area contributed by atoms with Crippen LogP contribution in [0.25, 0.3) is 0 Å². The van der Waals surface area contributed by atoms with Crippen LogP contribution in [0.1, 0.15) is 6.42 Å². The number of aliphatic carboxylic acids is 1. The fourth-order valence-corrected chi connectivity index (χ4v) is 2.44. The van der Waals surface area contributed by atoms with Gasteiger partial charge in [0.05, 0.1) is 12.1 Å². The summed E-state index contributed by atoms with van der Waals surface area (Å²) in [5.74, 6) is -1.16. The van der Waals surface area contributed by atoms with E-state index in [1.54, 1.807) is 0 Å². The first-order valence-electron chi connectivity index (χ1n) is 4.57. The third-order valence-electron chi connectivity index (χ3n) is 3.09. The summed E-state index contributed by atoms with van der Waals surface area (Å²) >= 11 is 0. The molecule has 4 N–H and O–H groups in total. The second kappa shape index (κ2) is 3.16. The quantitative estimate of drug-likeness (QED) is 0.379. The molecule has 6 nitrogen and oxygen atoms in total. The van der Waals surface area contributed by atoms with Gasteiger partial charge in [-0.2, -0.15) is 0 Å². The number of aliphatic hydroxyl groups excluding tert-OH is 3. The Labute approximate surface area is 80.4 Å². The number of hydrogen-bond donors (Lipinski definition) is 4. The summed E-state index contributed by atoms with van der Waals surface area (Å²) in [7, 11) is 0. The molecule has 2 rings (SSSR count). The van der Waals surface area contributed by atoms with E-state index in [2.05, 4.69) is 0 Å². The molecule has 2 heterocycles. The van der Waals surface area contributed by atoms with Crippen molar-refractivity contribution in [3.8, 4) is 0 Å². The van der Waals surface area contributed by atoms with Gasteiger partial charge in [0, 0.05) is 6.54 Å². The maximum absolute atomic E-state index is 10.8. The summed E-state index contributed by atoms with van der Waals surface area (Å²) in [6.07, 6.45) is -2.79. The monoisotopic (exact) mass is 203 g/mol. The highest BCUT2D eigenvalue weighted by Gasteiger charge is 2.55. The second-order valence-corrected chi connectivity index (χ2v) is 3.85. The van der Waals surface area contributed by atoms with Gasteiger partial charge >= 0.3 is 5.97 Å². The van der Waals surface area contributed by atoms with Crippen LogP contribution in [0.15, 0.2) is 0 Å². The first-order chi connectivity index (χ1) is 6.54. The standard InChI is InChI=1S/C8H13NO5/c10-3-1-2-9-4(3)6(11)7(12)5(9)8(13)14/h3-7,10-12H,1-2H2,(H,13,14)/t3-,4?,5-,6+,7+/m0/s1. The summed E-state index contributed by atoms with van der Waals surface area (Å²) in [6.45, 7) is 0.400. The van der Waals surface area contributed by atoms with Crippen molar-refractivity contribution in [2.24, 2.45) is 0 Å². The Bertz CT molecular complexity index is 258. The molecule has 2 aliphatic heterocycles. The topological polar surface area (TPSA) is 101 Å². The molecule has 80 valence electrons. The zero-order chi connectivity index (χ0) is 10.5. The van der Waals surface area contributed by atoms with E-state index in [1.807, 2.05) is 0 Å². The van der Waals surface area contributed by atoms with Crippen molar-refractivity contribution in [2.45, 2.75) is 36.8 Å². The number of hydrogen-bond acceptors (Lipinski definition) is 5. The highest BCUT2D eigenvalue weighted by molar-refractivity contribution is 5.75. The van der Waals surface area contributed by atoms with Gasteiger partial charge < -0.3 is 20.4 Å². The maximum atomic E-state index is 10.8. The van der Waals surface area contributed by atoms with Crippen LogP contribution in [0.3, 0.4) is 0 Å². The van der Waals surface area contributed by atoms with E-state index in [-0.39, 0.29) is 0 Å². The normalized spacial score (nSPS) is 48.1. The highest BCUT2D eigenvalue weighted by atomic mass is 16.4. The zero-order valence-corrected chi connectivity index (χ0v) is 7.45. The third-order valence-corrected chi connectivity index (χ3v) is 3.09. The Morgan fingerprint density at radius 2 is 1.86 bits per heavy atom. The summed E-state index contributed by atoms with van der Waals surface area (Å²) in [5.41, 5.74) is 0. The van der Waals surface area contributed by atoms with Gasteiger partial charge in [-0.15, -0.1) is 0 Å². The van der Waals surface area contributed by atoms with Crippen LogP contribution in [-0.2, 0) is 4.79 Å². The molecule has 2 aliphatic rings. The number of nitrogens with zero attached hydrogens (tertiary/aromatic N) is 1. The van der Waals surface area contributed by atoms with Crippen molar-refractivity contribution in [1.29, 1.82) is 0 Å². The number of carbonyl (C=O) groups is 1. The van der Waals surface area contributed by atoms with Gasteiger partial charge in [0.15, 0.2) is 0 Å². The Hall–Kier alpha value is -0.690. The molecule has 0 saturated carbocycles. The Morgan fingerprint density at radius 1 is 1.21 bits per heavy atom. The lowest BCUT2D eigenvalue weighted by atomic mass is 10.0. The Morgan fingerprint density at radius 3 is 2.43 bits per heavy atom. The molecular weight excluding hydrogens is 190 g/mol. The molecule has 0 aromatic carbocycles. The Kier molecular flexibility index (Phi) is 2.23. The van der Waals surface area contributed by atoms with Crippen molar-refractivity contribution >= 4 is 5.97 Å². The van der Waals surface area contributed by atoms with Gasteiger partial charge in [0.25, 0.3) is 0 Å². The van der Waals surface area contributed by atoms with Gasteiger partial charge in [-0.05, 0) is 6.42 Å². The van der Waals surface area contributed by atoms with E-state index in [0.29, 0.717) is 13.0 Å². The summed E-state index contributed by atoms with van der Waals surface area (Å²) in [6, 6.07) is -1.72. The second-order valence-electron chi connectivity index (χ2n) is 3.85. The average Bonchev–Trinajstić information content (AvgIpc) is 2.56. The minimum atomic E-state index is -1.31. The van der Waals surface area contributed by atoms with E-state index in [1.165, 1.54) is 4.90 Å². The molecule has 2 fully saturated rings. The number of carboxylic acid groups (broad SMARTS) is 1. The van der Waals surface area contributed by atoms with E-state index in [4.69, 9.17) is 5.11 Å². The summed E-state index contributed by atoms with van der Waals surface area (Å²) in [4.78, 5) is 12.3. The maximum Gasteiger partial charge on any atom is 0.323 e. The minimum absolute atomic E-state index is 0.400. The zero-order valence-electron chi connectivity index (χ0n) is 7.45. The van der Waals surface area contributed by atoms with Gasteiger partial charge in [0.2, 0.25) is 0 Å². The molecule has 5 atom stereocenters. The van der Waals surface area contributed by atoms with Gasteiger partial charge in [0.1, 0.15) is 18.2 Å². The molecule has 2 saturated heterocycles. The van der Waals surface area contributed by atoms with E-state index >= 15 is 0 Å². The fraction of sp³-hybridized carbons (Fsp3) is 0.875. The van der Waals surface area contributed by atoms with Gasteiger partial charge in [-0.1, -0.05) is 0 Å². The molecule has 0 amide bonds. The summed E-state index contributed by atoms with van der Waals surface area (Å²) < 4.78 is 0. The van der Waals surface area contributed by atoms with Crippen LogP contribution < -0.4 is 0 Å². The minimum Gasteiger partial charge on any atom is -0.480 e. The lowest BCUT2D eigenvalue weighted by molar-refractivity contribution is -0.145. The Balaban J connectivity index is 2.26. The average molecular weight is 203 g/mol. The molecular formula is C8H13NO5.